The maximum atomic E-state index is 13.8. The largest absolute Gasteiger partial charge is 0.467 e. The summed E-state index contributed by atoms with van der Waals surface area (Å²) in [5.74, 6) is 1.92. The second kappa shape index (κ2) is 8.65. The summed E-state index contributed by atoms with van der Waals surface area (Å²) < 4.78 is 11.3. The zero-order chi connectivity index (χ0) is 20.1. The number of carbonyl (C=O) groups is 1. The Balaban J connectivity index is 1.70. The standard InChI is InChI=1S/C25H23NO3/c1-19-14-15-23(29-19)18-26(17-22-13-8-16-28-22)25(27)24(20-9-4-2-5-10-20)21-11-6-3-7-12-21/h2-16,24H,17-18H2,1H3. The molecule has 1 amide bonds. The van der Waals surface area contributed by atoms with Crippen molar-refractivity contribution >= 4 is 5.91 Å². The first-order chi connectivity index (χ1) is 14.2. The van der Waals surface area contributed by atoms with Crippen molar-refractivity contribution in [2.45, 2.75) is 25.9 Å². The van der Waals surface area contributed by atoms with E-state index >= 15 is 0 Å². The molecule has 2 aromatic heterocycles. The number of hydrogen-bond acceptors (Lipinski definition) is 3. The van der Waals surface area contributed by atoms with E-state index in [4.69, 9.17) is 8.83 Å². The number of carbonyl (C=O) groups excluding carboxylic acids is 1. The Morgan fingerprint density at radius 1 is 0.793 bits per heavy atom. The van der Waals surface area contributed by atoms with Gasteiger partial charge in [-0.3, -0.25) is 4.79 Å². The van der Waals surface area contributed by atoms with Gasteiger partial charge in [0, 0.05) is 0 Å². The lowest BCUT2D eigenvalue weighted by Gasteiger charge is -2.27. The number of nitrogens with zero attached hydrogens (tertiary/aromatic N) is 1. The molecule has 0 N–H and O–H groups in total. The Kier molecular flexibility index (Phi) is 5.61. The highest BCUT2D eigenvalue weighted by Gasteiger charge is 2.28. The van der Waals surface area contributed by atoms with Crippen molar-refractivity contribution in [1.29, 1.82) is 0 Å². The molecular formula is C25H23NO3. The molecule has 0 aliphatic rings. The molecule has 0 atom stereocenters. The highest BCUT2D eigenvalue weighted by atomic mass is 16.3. The third-order valence-electron chi connectivity index (χ3n) is 4.89. The van der Waals surface area contributed by atoms with E-state index in [1.165, 1.54) is 0 Å². The summed E-state index contributed by atoms with van der Waals surface area (Å²) in [6.45, 7) is 2.66. The van der Waals surface area contributed by atoms with Crippen molar-refractivity contribution < 1.29 is 13.6 Å². The van der Waals surface area contributed by atoms with Crippen LogP contribution in [0.5, 0.6) is 0 Å². The van der Waals surface area contributed by atoms with Gasteiger partial charge in [-0.1, -0.05) is 60.7 Å². The van der Waals surface area contributed by atoms with Crippen LogP contribution in [0.15, 0.2) is 100 Å². The SMILES string of the molecule is Cc1ccc(CN(Cc2ccco2)C(=O)C(c2ccccc2)c2ccccc2)o1. The number of furan rings is 2. The van der Waals surface area contributed by atoms with Crippen LogP contribution in [-0.2, 0) is 17.9 Å². The second-order valence-corrected chi connectivity index (χ2v) is 7.04. The van der Waals surface area contributed by atoms with Crippen LogP contribution >= 0.6 is 0 Å². The lowest BCUT2D eigenvalue weighted by atomic mass is 9.90. The minimum atomic E-state index is -0.400. The average Bonchev–Trinajstić information content (AvgIpc) is 3.41. The number of hydrogen-bond donors (Lipinski definition) is 0. The maximum absolute atomic E-state index is 13.8. The van der Waals surface area contributed by atoms with Gasteiger partial charge < -0.3 is 13.7 Å². The lowest BCUT2D eigenvalue weighted by molar-refractivity contribution is -0.133. The number of rotatable bonds is 7. The molecule has 0 radical (unpaired) electrons. The first kappa shape index (κ1) is 18.8. The van der Waals surface area contributed by atoms with E-state index in [2.05, 4.69) is 0 Å². The van der Waals surface area contributed by atoms with E-state index in [1.807, 2.05) is 91.9 Å². The average molecular weight is 385 g/mol. The first-order valence-corrected chi connectivity index (χ1v) is 9.67. The quantitative estimate of drug-likeness (QED) is 0.419. The minimum absolute atomic E-state index is 0.00727. The molecule has 4 aromatic rings. The molecule has 4 heteroatoms. The summed E-state index contributed by atoms with van der Waals surface area (Å²) in [6.07, 6.45) is 1.63. The van der Waals surface area contributed by atoms with Crippen LogP contribution in [0.25, 0.3) is 0 Å². The predicted molar refractivity (Wildman–Crippen MR) is 111 cm³/mol. The molecular weight excluding hydrogens is 362 g/mol. The molecule has 4 rings (SSSR count). The number of aryl methyl sites for hydroxylation is 1. The predicted octanol–water partition coefficient (Wildman–Crippen LogP) is 5.54. The Hall–Kier alpha value is -3.53. The fourth-order valence-electron chi connectivity index (χ4n) is 3.51. The van der Waals surface area contributed by atoms with Crippen molar-refractivity contribution in [3.05, 3.63) is 120 Å². The van der Waals surface area contributed by atoms with Gasteiger partial charge in [0.05, 0.1) is 25.3 Å². The molecule has 146 valence electrons. The summed E-state index contributed by atoms with van der Waals surface area (Å²) in [7, 11) is 0. The van der Waals surface area contributed by atoms with Crippen molar-refractivity contribution in [2.24, 2.45) is 0 Å². The van der Waals surface area contributed by atoms with Crippen molar-refractivity contribution in [3.8, 4) is 0 Å². The first-order valence-electron chi connectivity index (χ1n) is 9.67. The summed E-state index contributed by atoms with van der Waals surface area (Å²) in [4.78, 5) is 15.6. The second-order valence-electron chi connectivity index (χ2n) is 7.04. The molecule has 0 aliphatic carbocycles. The molecule has 2 heterocycles. The van der Waals surface area contributed by atoms with Gasteiger partial charge in [0.2, 0.25) is 5.91 Å². The molecule has 29 heavy (non-hydrogen) atoms. The molecule has 0 fully saturated rings. The molecule has 0 spiro atoms. The molecule has 0 unspecified atom stereocenters. The Labute approximate surface area is 170 Å². The third kappa shape index (κ3) is 4.49. The molecule has 0 saturated heterocycles. The van der Waals surface area contributed by atoms with Gasteiger partial charge in [-0.2, -0.15) is 0 Å². The van der Waals surface area contributed by atoms with Crippen LogP contribution in [0.1, 0.15) is 34.3 Å². The zero-order valence-electron chi connectivity index (χ0n) is 16.3. The van der Waals surface area contributed by atoms with Crippen LogP contribution in [0, 0.1) is 6.92 Å². The summed E-state index contributed by atoms with van der Waals surface area (Å²) in [5.41, 5.74) is 1.92. The topological polar surface area (TPSA) is 46.6 Å². The number of benzene rings is 2. The Bertz CT molecular complexity index is 997. The van der Waals surface area contributed by atoms with E-state index in [1.54, 1.807) is 11.2 Å². The van der Waals surface area contributed by atoms with Gasteiger partial charge in [0.15, 0.2) is 0 Å². The van der Waals surface area contributed by atoms with Gasteiger partial charge in [-0.15, -0.1) is 0 Å². The molecule has 0 saturated carbocycles. The van der Waals surface area contributed by atoms with Crippen molar-refractivity contribution in [1.82, 2.24) is 4.90 Å². The Morgan fingerprint density at radius 2 is 1.41 bits per heavy atom. The van der Waals surface area contributed by atoms with Gasteiger partial charge in [-0.25, -0.2) is 0 Å². The molecule has 0 bridgehead atoms. The normalized spacial score (nSPS) is 11.0. The van der Waals surface area contributed by atoms with Gasteiger partial charge in [-0.05, 0) is 42.3 Å². The minimum Gasteiger partial charge on any atom is -0.467 e. The molecule has 0 aliphatic heterocycles. The fraction of sp³-hybridized carbons (Fsp3) is 0.160. The maximum Gasteiger partial charge on any atom is 0.235 e. The van der Waals surface area contributed by atoms with Crippen LogP contribution in [0.2, 0.25) is 0 Å². The summed E-state index contributed by atoms with van der Waals surface area (Å²) in [5, 5.41) is 0. The van der Waals surface area contributed by atoms with Crippen LogP contribution in [0.4, 0.5) is 0 Å². The molecule has 4 nitrogen and oxygen atoms in total. The van der Waals surface area contributed by atoms with Crippen molar-refractivity contribution in [3.63, 3.8) is 0 Å². The molecule has 2 aromatic carbocycles. The number of amides is 1. The van der Waals surface area contributed by atoms with E-state index < -0.39 is 5.92 Å². The van der Waals surface area contributed by atoms with Gasteiger partial charge in [0.1, 0.15) is 17.3 Å². The summed E-state index contributed by atoms with van der Waals surface area (Å²) in [6, 6.07) is 27.3. The van der Waals surface area contributed by atoms with E-state index in [0.717, 1.165) is 28.4 Å². The summed E-state index contributed by atoms with van der Waals surface area (Å²) >= 11 is 0. The Morgan fingerprint density at radius 3 is 1.93 bits per heavy atom. The van der Waals surface area contributed by atoms with Crippen LogP contribution < -0.4 is 0 Å². The van der Waals surface area contributed by atoms with Crippen molar-refractivity contribution in [2.75, 3.05) is 0 Å². The zero-order valence-corrected chi connectivity index (χ0v) is 16.3. The monoisotopic (exact) mass is 385 g/mol. The third-order valence-corrected chi connectivity index (χ3v) is 4.89. The van der Waals surface area contributed by atoms with E-state index in [0.29, 0.717) is 13.1 Å². The van der Waals surface area contributed by atoms with Crippen LogP contribution in [-0.4, -0.2) is 10.8 Å². The highest BCUT2D eigenvalue weighted by Crippen LogP contribution is 2.28. The van der Waals surface area contributed by atoms with E-state index in [9.17, 15) is 4.79 Å². The van der Waals surface area contributed by atoms with Gasteiger partial charge >= 0.3 is 0 Å². The van der Waals surface area contributed by atoms with E-state index in [-0.39, 0.29) is 5.91 Å². The fourth-order valence-corrected chi connectivity index (χ4v) is 3.51. The highest BCUT2D eigenvalue weighted by molar-refractivity contribution is 5.87. The lowest BCUT2D eigenvalue weighted by Crippen LogP contribution is -2.34. The van der Waals surface area contributed by atoms with Gasteiger partial charge in [0.25, 0.3) is 0 Å². The smallest absolute Gasteiger partial charge is 0.235 e. The van der Waals surface area contributed by atoms with Crippen LogP contribution in [0.3, 0.4) is 0 Å².